The molecule has 1 aromatic rings. The smallest absolute Gasteiger partial charge is 0.407 e. The number of nitrogens with one attached hydrogen (secondary N) is 2. The molecule has 0 unspecified atom stereocenters. The Kier molecular flexibility index (Phi) is 6.24. The van der Waals surface area contributed by atoms with Crippen molar-refractivity contribution < 1.29 is 14.3 Å². The number of alkyl carbamates (subject to hydrolysis) is 1. The molecule has 0 saturated carbocycles. The van der Waals surface area contributed by atoms with E-state index in [0.29, 0.717) is 13.0 Å². The third kappa shape index (κ3) is 7.72. The molecule has 0 aliphatic carbocycles. The first-order valence-electron chi connectivity index (χ1n) is 7.89. The van der Waals surface area contributed by atoms with Crippen molar-refractivity contribution in [2.45, 2.75) is 65.1 Å². The molecule has 6 heteroatoms. The number of hydrogen-bond acceptors (Lipinski definition) is 3. The number of nitrogens with zero attached hydrogens (tertiary/aromatic N) is 1. The lowest BCUT2D eigenvalue weighted by Gasteiger charge is -2.28. The van der Waals surface area contributed by atoms with E-state index in [4.69, 9.17) is 4.74 Å². The van der Waals surface area contributed by atoms with Crippen LogP contribution in [0.25, 0.3) is 0 Å². The highest BCUT2D eigenvalue weighted by molar-refractivity contribution is 5.77. The number of hydrogen-bond donors (Lipinski definition) is 2. The van der Waals surface area contributed by atoms with Gasteiger partial charge in [-0.3, -0.25) is 4.79 Å². The van der Waals surface area contributed by atoms with Crippen molar-refractivity contribution in [1.29, 1.82) is 0 Å². The van der Waals surface area contributed by atoms with Gasteiger partial charge in [-0.15, -0.1) is 0 Å². The molecule has 2 N–H and O–H groups in total. The number of carbonyl (C=O) groups is 2. The van der Waals surface area contributed by atoms with Crippen molar-refractivity contribution in [1.82, 2.24) is 15.2 Å². The van der Waals surface area contributed by atoms with Crippen LogP contribution in [0, 0.1) is 0 Å². The van der Waals surface area contributed by atoms with Crippen molar-refractivity contribution in [3.63, 3.8) is 0 Å². The van der Waals surface area contributed by atoms with Gasteiger partial charge in [0, 0.05) is 31.4 Å². The fourth-order valence-electron chi connectivity index (χ4n) is 2.10. The number of ether oxygens (including phenoxy) is 1. The summed E-state index contributed by atoms with van der Waals surface area (Å²) in [4.78, 5) is 23.8. The minimum absolute atomic E-state index is 0.0535. The molecule has 2 amide bonds. The van der Waals surface area contributed by atoms with E-state index in [0.717, 1.165) is 0 Å². The van der Waals surface area contributed by atoms with Crippen LogP contribution in [0.1, 0.15) is 54.0 Å². The van der Waals surface area contributed by atoms with E-state index in [1.807, 2.05) is 70.6 Å². The van der Waals surface area contributed by atoms with Gasteiger partial charge in [-0.25, -0.2) is 4.79 Å². The SMILES string of the molecule is C[C@H](CC(=O)NC(C)(C)CNC(=O)OC(C)(C)C)n1cccc1. The van der Waals surface area contributed by atoms with Crippen LogP contribution in [-0.4, -0.2) is 34.3 Å². The lowest BCUT2D eigenvalue weighted by atomic mass is 10.0. The summed E-state index contributed by atoms with van der Waals surface area (Å²) in [5.74, 6) is -0.0535. The molecule has 1 atom stereocenters. The van der Waals surface area contributed by atoms with Gasteiger partial charge in [0.1, 0.15) is 5.60 Å². The fraction of sp³-hybridized carbons (Fsp3) is 0.647. The second kappa shape index (κ2) is 7.53. The van der Waals surface area contributed by atoms with Crippen LogP contribution in [0.4, 0.5) is 4.79 Å². The molecule has 0 radical (unpaired) electrons. The molecule has 130 valence electrons. The quantitative estimate of drug-likeness (QED) is 0.845. The maximum Gasteiger partial charge on any atom is 0.407 e. The van der Waals surface area contributed by atoms with Crippen LogP contribution in [0.3, 0.4) is 0 Å². The summed E-state index contributed by atoms with van der Waals surface area (Å²) < 4.78 is 7.18. The number of amides is 2. The van der Waals surface area contributed by atoms with Crippen molar-refractivity contribution in [2.75, 3.05) is 6.54 Å². The lowest BCUT2D eigenvalue weighted by molar-refractivity contribution is -0.123. The minimum Gasteiger partial charge on any atom is -0.444 e. The molecule has 23 heavy (non-hydrogen) atoms. The summed E-state index contributed by atoms with van der Waals surface area (Å²) >= 11 is 0. The van der Waals surface area contributed by atoms with Gasteiger partial charge in [-0.2, -0.15) is 0 Å². The average molecular weight is 323 g/mol. The second-order valence-electron chi connectivity index (χ2n) is 7.47. The maximum absolute atomic E-state index is 12.2. The molecule has 1 rings (SSSR count). The molecule has 6 nitrogen and oxygen atoms in total. The van der Waals surface area contributed by atoms with Gasteiger partial charge in [-0.1, -0.05) is 0 Å². The van der Waals surface area contributed by atoms with Crippen molar-refractivity contribution in [3.05, 3.63) is 24.5 Å². The van der Waals surface area contributed by atoms with E-state index in [1.165, 1.54) is 0 Å². The zero-order valence-electron chi connectivity index (χ0n) is 15.0. The highest BCUT2D eigenvalue weighted by atomic mass is 16.6. The van der Waals surface area contributed by atoms with Crippen LogP contribution in [0.2, 0.25) is 0 Å². The summed E-state index contributed by atoms with van der Waals surface area (Å²) in [5, 5.41) is 5.63. The van der Waals surface area contributed by atoms with Crippen LogP contribution >= 0.6 is 0 Å². The first kappa shape index (κ1) is 19.1. The van der Waals surface area contributed by atoms with E-state index >= 15 is 0 Å². The summed E-state index contributed by atoms with van der Waals surface area (Å²) in [7, 11) is 0. The zero-order valence-corrected chi connectivity index (χ0v) is 15.0. The second-order valence-corrected chi connectivity index (χ2v) is 7.47. The molecule has 0 aromatic carbocycles. The molecular weight excluding hydrogens is 294 g/mol. The van der Waals surface area contributed by atoms with E-state index in [-0.39, 0.29) is 11.9 Å². The third-order valence-corrected chi connectivity index (χ3v) is 3.17. The number of rotatable bonds is 6. The van der Waals surface area contributed by atoms with E-state index in [9.17, 15) is 9.59 Å². The Labute approximate surface area is 138 Å². The Morgan fingerprint density at radius 3 is 2.22 bits per heavy atom. The highest BCUT2D eigenvalue weighted by Gasteiger charge is 2.24. The Morgan fingerprint density at radius 2 is 1.70 bits per heavy atom. The molecule has 0 saturated heterocycles. The number of carbonyl (C=O) groups excluding carboxylic acids is 2. The van der Waals surface area contributed by atoms with Gasteiger partial charge in [0.05, 0.1) is 5.54 Å². The third-order valence-electron chi connectivity index (χ3n) is 3.17. The molecule has 0 aliphatic heterocycles. The monoisotopic (exact) mass is 323 g/mol. The summed E-state index contributed by atoms with van der Waals surface area (Å²) in [5.41, 5.74) is -1.09. The van der Waals surface area contributed by atoms with E-state index in [1.54, 1.807) is 0 Å². The molecule has 0 fully saturated rings. The topological polar surface area (TPSA) is 72.4 Å². The summed E-state index contributed by atoms with van der Waals surface area (Å²) in [6, 6.07) is 3.95. The first-order chi connectivity index (χ1) is 10.5. The Balaban J connectivity index is 2.41. The largest absolute Gasteiger partial charge is 0.444 e. The van der Waals surface area contributed by atoms with E-state index < -0.39 is 17.2 Å². The molecular formula is C17H29N3O3. The minimum atomic E-state index is -0.551. The van der Waals surface area contributed by atoms with Crippen LogP contribution in [0.15, 0.2) is 24.5 Å². The van der Waals surface area contributed by atoms with Gasteiger partial charge in [0.25, 0.3) is 0 Å². The first-order valence-corrected chi connectivity index (χ1v) is 7.89. The van der Waals surface area contributed by atoms with Crippen molar-refractivity contribution in [2.24, 2.45) is 0 Å². The average Bonchev–Trinajstić information content (AvgIpc) is 2.87. The number of aromatic nitrogens is 1. The fourth-order valence-corrected chi connectivity index (χ4v) is 2.10. The molecule has 0 spiro atoms. The van der Waals surface area contributed by atoms with Crippen LogP contribution < -0.4 is 10.6 Å². The van der Waals surface area contributed by atoms with Crippen molar-refractivity contribution >= 4 is 12.0 Å². The van der Waals surface area contributed by atoms with Gasteiger partial charge in [0.15, 0.2) is 0 Å². The van der Waals surface area contributed by atoms with Crippen LogP contribution in [-0.2, 0) is 9.53 Å². The van der Waals surface area contributed by atoms with E-state index in [2.05, 4.69) is 10.6 Å². The van der Waals surface area contributed by atoms with Gasteiger partial charge < -0.3 is 19.9 Å². The maximum atomic E-state index is 12.2. The van der Waals surface area contributed by atoms with Crippen LogP contribution in [0.5, 0.6) is 0 Å². The summed E-state index contributed by atoms with van der Waals surface area (Å²) in [6.07, 6.45) is 3.77. The zero-order chi connectivity index (χ0) is 17.7. The molecule has 1 heterocycles. The normalized spacial score (nSPS) is 13.3. The van der Waals surface area contributed by atoms with Gasteiger partial charge >= 0.3 is 6.09 Å². The van der Waals surface area contributed by atoms with Crippen molar-refractivity contribution in [3.8, 4) is 0 Å². The highest BCUT2D eigenvalue weighted by Crippen LogP contribution is 2.12. The Hall–Kier alpha value is -1.98. The molecule has 0 bridgehead atoms. The molecule has 1 aromatic heterocycles. The predicted molar refractivity (Wildman–Crippen MR) is 90.2 cm³/mol. The standard InChI is InChI=1S/C17H29N3O3/c1-13(20-9-7-8-10-20)11-14(21)19-17(5,6)12-18-15(22)23-16(2,3)4/h7-10,13H,11-12H2,1-6H3,(H,18,22)(H,19,21)/t13-/m1/s1. The summed E-state index contributed by atoms with van der Waals surface area (Å²) in [6.45, 7) is 11.4. The predicted octanol–water partition coefficient (Wildman–Crippen LogP) is 2.86. The van der Waals surface area contributed by atoms with Gasteiger partial charge in [0.2, 0.25) is 5.91 Å². The van der Waals surface area contributed by atoms with Gasteiger partial charge in [-0.05, 0) is 53.7 Å². The Bertz CT molecular complexity index is 516. The Morgan fingerprint density at radius 1 is 1.13 bits per heavy atom. The lowest BCUT2D eigenvalue weighted by Crippen LogP contribution is -2.52. The molecule has 0 aliphatic rings.